The van der Waals surface area contributed by atoms with E-state index in [1.807, 2.05) is 12.1 Å². The van der Waals surface area contributed by atoms with E-state index in [-0.39, 0.29) is 12.1 Å². The molecular weight excluding hydrogens is 304 g/mol. The molecule has 1 aliphatic heterocycles. The first-order chi connectivity index (χ1) is 11.6. The summed E-state index contributed by atoms with van der Waals surface area (Å²) < 4.78 is 0. The molecule has 1 aliphatic rings. The van der Waals surface area contributed by atoms with Crippen molar-refractivity contribution >= 4 is 0 Å². The molecule has 0 aliphatic carbocycles. The summed E-state index contributed by atoms with van der Waals surface area (Å²) >= 11 is 0. The number of β-amino-alcohol motifs (C(OH)–C–C–N with tert-alkyl or cyclic N) is 1. The lowest BCUT2D eigenvalue weighted by atomic mass is 10.2. The lowest BCUT2D eigenvalue weighted by Crippen LogP contribution is -2.36. The van der Waals surface area contributed by atoms with Crippen molar-refractivity contribution in [3.8, 4) is 0 Å². The zero-order valence-corrected chi connectivity index (χ0v) is 14.2. The van der Waals surface area contributed by atoms with Gasteiger partial charge in [-0.2, -0.15) is 0 Å². The fourth-order valence-electron chi connectivity index (χ4n) is 3.12. The van der Waals surface area contributed by atoms with Crippen LogP contribution >= 0.6 is 0 Å². The van der Waals surface area contributed by atoms with Crippen LogP contribution in [0, 0.1) is 0 Å². The molecule has 1 fully saturated rings. The number of hydrogen-bond acceptors (Lipinski definition) is 7. The van der Waals surface area contributed by atoms with Crippen molar-refractivity contribution in [3.63, 3.8) is 0 Å². The van der Waals surface area contributed by atoms with Gasteiger partial charge in [-0.05, 0) is 26.0 Å². The molecule has 24 heavy (non-hydrogen) atoms. The van der Waals surface area contributed by atoms with Crippen LogP contribution in [0.15, 0.2) is 36.9 Å². The van der Waals surface area contributed by atoms with Gasteiger partial charge in [0.05, 0.1) is 18.2 Å². The molecule has 3 heterocycles. The second kappa shape index (κ2) is 7.74. The lowest BCUT2D eigenvalue weighted by molar-refractivity contribution is 0.0872. The van der Waals surface area contributed by atoms with E-state index in [1.165, 1.54) is 0 Å². The topological polar surface area (TPSA) is 78.3 Å². The Morgan fingerprint density at radius 2 is 1.21 bits per heavy atom. The maximum Gasteiger partial charge on any atom is 0.145 e. The fourth-order valence-corrected chi connectivity index (χ4v) is 3.12. The van der Waals surface area contributed by atoms with Gasteiger partial charge in [-0.3, -0.25) is 9.80 Å². The van der Waals surface area contributed by atoms with Gasteiger partial charge in [0, 0.05) is 51.0 Å². The highest BCUT2D eigenvalue weighted by molar-refractivity contribution is 4.99. The van der Waals surface area contributed by atoms with E-state index >= 15 is 0 Å². The minimum Gasteiger partial charge on any atom is -0.390 e. The molecule has 7 heteroatoms. The Kier molecular flexibility index (Phi) is 5.44. The van der Waals surface area contributed by atoms with Gasteiger partial charge in [-0.15, -0.1) is 0 Å². The van der Waals surface area contributed by atoms with Crippen LogP contribution in [0.4, 0.5) is 0 Å². The van der Waals surface area contributed by atoms with E-state index in [9.17, 15) is 5.11 Å². The standard InChI is InChI=1S/C17H24N6O/c1-13(16-18-5-3-6-19-16)22-9-10-23(12-15(24)11-22)14(2)17-20-7-4-8-21-17/h3-8,13-15,24H,9-12H2,1-2H3. The molecular formula is C17H24N6O. The molecule has 0 aromatic carbocycles. The number of aliphatic hydroxyl groups is 1. The van der Waals surface area contributed by atoms with Crippen LogP contribution in [0.3, 0.4) is 0 Å². The monoisotopic (exact) mass is 328 g/mol. The quantitative estimate of drug-likeness (QED) is 0.899. The summed E-state index contributed by atoms with van der Waals surface area (Å²) in [6, 6.07) is 3.78. The normalized spacial score (nSPS) is 22.7. The SMILES string of the molecule is CC(c1ncccn1)N1CCN(C(C)c2ncccn2)CC(O)C1. The Hall–Kier alpha value is -1.96. The highest BCUT2D eigenvalue weighted by Crippen LogP contribution is 2.22. The van der Waals surface area contributed by atoms with Crippen LogP contribution in [0.2, 0.25) is 0 Å². The molecule has 2 atom stereocenters. The fraction of sp³-hybridized carbons (Fsp3) is 0.529. The highest BCUT2D eigenvalue weighted by atomic mass is 16.3. The second-order valence-electron chi connectivity index (χ2n) is 6.21. The summed E-state index contributed by atoms with van der Waals surface area (Å²) in [5.41, 5.74) is 0. The Morgan fingerprint density at radius 3 is 1.58 bits per heavy atom. The van der Waals surface area contributed by atoms with Crippen molar-refractivity contribution in [1.29, 1.82) is 0 Å². The molecule has 0 radical (unpaired) electrons. The van der Waals surface area contributed by atoms with Crippen molar-refractivity contribution in [1.82, 2.24) is 29.7 Å². The third kappa shape index (κ3) is 3.92. The minimum absolute atomic E-state index is 0.0732. The number of aromatic nitrogens is 4. The van der Waals surface area contributed by atoms with Crippen LogP contribution in [0.25, 0.3) is 0 Å². The molecule has 1 saturated heterocycles. The predicted molar refractivity (Wildman–Crippen MR) is 90.0 cm³/mol. The average molecular weight is 328 g/mol. The van der Waals surface area contributed by atoms with E-state index in [2.05, 4.69) is 43.6 Å². The van der Waals surface area contributed by atoms with Gasteiger partial charge in [-0.25, -0.2) is 19.9 Å². The van der Waals surface area contributed by atoms with Crippen molar-refractivity contribution in [2.45, 2.75) is 32.0 Å². The number of hydrogen-bond donors (Lipinski definition) is 1. The molecule has 7 nitrogen and oxygen atoms in total. The largest absolute Gasteiger partial charge is 0.390 e. The predicted octanol–water partition coefficient (Wildman–Crippen LogP) is 1.07. The zero-order chi connectivity index (χ0) is 16.9. The van der Waals surface area contributed by atoms with Gasteiger partial charge >= 0.3 is 0 Å². The summed E-state index contributed by atoms with van der Waals surface area (Å²) in [7, 11) is 0. The zero-order valence-electron chi connectivity index (χ0n) is 14.2. The minimum atomic E-state index is -0.426. The molecule has 0 saturated carbocycles. The van der Waals surface area contributed by atoms with Crippen LogP contribution in [-0.4, -0.2) is 67.1 Å². The second-order valence-corrected chi connectivity index (χ2v) is 6.21. The summed E-state index contributed by atoms with van der Waals surface area (Å²) in [4.78, 5) is 21.8. The van der Waals surface area contributed by atoms with Crippen molar-refractivity contribution in [2.24, 2.45) is 0 Å². The van der Waals surface area contributed by atoms with Crippen molar-refractivity contribution < 1.29 is 5.11 Å². The summed E-state index contributed by atoms with van der Waals surface area (Å²) in [5.74, 6) is 1.58. The Labute approximate surface area is 142 Å². The molecule has 2 aromatic rings. The summed E-state index contributed by atoms with van der Waals surface area (Å²) in [5, 5.41) is 10.5. The molecule has 0 spiro atoms. The van der Waals surface area contributed by atoms with Crippen LogP contribution in [0.5, 0.6) is 0 Å². The van der Waals surface area contributed by atoms with Crippen LogP contribution in [-0.2, 0) is 0 Å². The molecule has 3 rings (SSSR count). The van der Waals surface area contributed by atoms with Crippen LogP contribution < -0.4 is 0 Å². The van der Waals surface area contributed by atoms with Gasteiger partial charge < -0.3 is 5.11 Å². The molecule has 2 aromatic heterocycles. The molecule has 0 amide bonds. The highest BCUT2D eigenvalue weighted by Gasteiger charge is 2.29. The third-order valence-electron chi connectivity index (χ3n) is 4.58. The smallest absolute Gasteiger partial charge is 0.145 e. The maximum atomic E-state index is 10.5. The Bertz CT molecular complexity index is 570. The first-order valence-electron chi connectivity index (χ1n) is 8.35. The van der Waals surface area contributed by atoms with E-state index in [0.717, 1.165) is 24.7 Å². The van der Waals surface area contributed by atoms with Gasteiger partial charge in [0.15, 0.2) is 0 Å². The number of nitrogens with zero attached hydrogens (tertiary/aromatic N) is 6. The van der Waals surface area contributed by atoms with Gasteiger partial charge in [-0.1, -0.05) is 0 Å². The van der Waals surface area contributed by atoms with E-state index < -0.39 is 6.10 Å². The third-order valence-corrected chi connectivity index (χ3v) is 4.58. The van der Waals surface area contributed by atoms with E-state index in [4.69, 9.17) is 0 Å². The molecule has 1 N–H and O–H groups in total. The van der Waals surface area contributed by atoms with E-state index in [0.29, 0.717) is 13.1 Å². The lowest BCUT2D eigenvalue weighted by Gasteiger charge is -2.28. The van der Waals surface area contributed by atoms with Gasteiger partial charge in [0.1, 0.15) is 11.6 Å². The molecule has 2 unspecified atom stereocenters. The first kappa shape index (κ1) is 16.9. The number of rotatable bonds is 4. The first-order valence-corrected chi connectivity index (χ1v) is 8.35. The Balaban J connectivity index is 1.69. The van der Waals surface area contributed by atoms with Crippen molar-refractivity contribution in [2.75, 3.05) is 26.2 Å². The molecule has 0 bridgehead atoms. The summed E-state index contributed by atoms with van der Waals surface area (Å²) in [6.45, 7) is 7.07. The number of aliphatic hydroxyl groups excluding tert-OH is 1. The molecule has 128 valence electrons. The van der Waals surface area contributed by atoms with E-state index in [1.54, 1.807) is 24.8 Å². The van der Waals surface area contributed by atoms with Crippen LogP contribution in [0.1, 0.15) is 37.6 Å². The van der Waals surface area contributed by atoms with Gasteiger partial charge in [0.25, 0.3) is 0 Å². The van der Waals surface area contributed by atoms with Crippen molar-refractivity contribution in [3.05, 3.63) is 48.6 Å². The Morgan fingerprint density at radius 1 is 0.833 bits per heavy atom. The maximum absolute atomic E-state index is 10.5. The van der Waals surface area contributed by atoms with Gasteiger partial charge in [0.2, 0.25) is 0 Å². The average Bonchev–Trinajstić information content (AvgIpc) is 2.83. The summed E-state index contributed by atoms with van der Waals surface area (Å²) in [6.07, 6.45) is 6.61.